The number of pyridine rings is 1. The molecule has 2 N–H and O–H groups in total. The Hall–Kier alpha value is -4.56. The summed E-state index contributed by atoms with van der Waals surface area (Å²) in [6, 6.07) is 20.0. The minimum Gasteiger partial charge on any atom is -0.322 e. The number of benzene rings is 2. The molecule has 204 valence electrons. The topological polar surface area (TPSA) is 94.6 Å². The molecule has 0 radical (unpaired) electrons. The number of anilines is 3. The molecule has 0 fully saturated rings. The molecule has 2 aliphatic rings. The van der Waals surface area contributed by atoms with Crippen molar-refractivity contribution < 1.29 is 14.4 Å². The number of carbonyl (C=O) groups excluding carboxylic acids is 3. The maximum atomic E-state index is 13.4. The first-order valence-electron chi connectivity index (χ1n) is 13.7. The zero-order chi connectivity index (χ0) is 27.7. The molecule has 2 aromatic carbocycles. The summed E-state index contributed by atoms with van der Waals surface area (Å²) in [5, 5.41) is 6.15. The zero-order valence-corrected chi connectivity index (χ0v) is 22.4. The molecule has 0 bridgehead atoms. The number of aromatic nitrogens is 1. The van der Waals surface area contributed by atoms with E-state index in [0.717, 1.165) is 25.0 Å². The highest BCUT2D eigenvalue weighted by Crippen LogP contribution is 2.36. The van der Waals surface area contributed by atoms with Gasteiger partial charge in [-0.1, -0.05) is 48.1 Å². The molecular formula is C32H33N5O3. The van der Waals surface area contributed by atoms with Crippen LogP contribution in [-0.2, 0) is 16.0 Å². The molecule has 8 nitrogen and oxygen atoms in total. The van der Waals surface area contributed by atoms with Gasteiger partial charge in [-0.3, -0.25) is 24.3 Å². The third-order valence-electron chi connectivity index (χ3n) is 7.00. The molecule has 0 atom stereocenters. The number of hydrogen-bond acceptors (Lipinski definition) is 5. The lowest BCUT2D eigenvalue weighted by atomic mass is 10.0. The van der Waals surface area contributed by atoms with Gasteiger partial charge in [0.25, 0.3) is 5.91 Å². The van der Waals surface area contributed by atoms with Crippen LogP contribution in [0.5, 0.6) is 0 Å². The van der Waals surface area contributed by atoms with E-state index in [1.807, 2.05) is 24.3 Å². The van der Waals surface area contributed by atoms with Crippen LogP contribution in [0.1, 0.15) is 35.3 Å². The highest BCUT2D eigenvalue weighted by molar-refractivity contribution is 6.12. The average molecular weight is 536 g/mol. The Morgan fingerprint density at radius 1 is 0.925 bits per heavy atom. The van der Waals surface area contributed by atoms with Gasteiger partial charge in [0.2, 0.25) is 11.8 Å². The smallest absolute Gasteiger partial charge is 0.255 e. The summed E-state index contributed by atoms with van der Waals surface area (Å²) >= 11 is 0. The van der Waals surface area contributed by atoms with Gasteiger partial charge in [0.15, 0.2) is 0 Å². The number of fused-ring (bicyclic) bond motifs is 1. The molecule has 0 spiro atoms. The first-order valence-corrected chi connectivity index (χ1v) is 13.7. The zero-order valence-electron chi connectivity index (χ0n) is 22.4. The summed E-state index contributed by atoms with van der Waals surface area (Å²) in [4.78, 5) is 47.0. The minimum absolute atomic E-state index is 0.0697. The van der Waals surface area contributed by atoms with Crippen LogP contribution < -0.4 is 20.4 Å². The van der Waals surface area contributed by atoms with Crippen LogP contribution in [0.3, 0.4) is 0 Å². The Morgan fingerprint density at radius 2 is 1.77 bits per heavy atom. The van der Waals surface area contributed by atoms with Crippen molar-refractivity contribution in [1.29, 1.82) is 0 Å². The SMILES string of the molecule is O=C(Nc1ccc2c(c1)N(C(=O)CNCCC1=CCCC=C1)CC(=O)N2CCc1ccccn1)c1ccccc1. The predicted molar refractivity (Wildman–Crippen MR) is 157 cm³/mol. The number of amides is 3. The van der Waals surface area contributed by atoms with E-state index in [4.69, 9.17) is 0 Å². The molecule has 1 aliphatic carbocycles. The second-order valence-corrected chi connectivity index (χ2v) is 9.81. The van der Waals surface area contributed by atoms with E-state index in [0.29, 0.717) is 42.1 Å². The van der Waals surface area contributed by atoms with Gasteiger partial charge in [0.05, 0.1) is 17.9 Å². The molecule has 5 rings (SSSR count). The van der Waals surface area contributed by atoms with E-state index in [1.54, 1.807) is 53.6 Å². The van der Waals surface area contributed by atoms with Crippen LogP contribution in [0.15, 0.2) is 96.7 Å². The largest absolute Gasteiger partial charge is 0.322 e. The molecule has 1 aliphatic heterocycles. The van der Waals surface area contributed by atoms with Gasteiger partial charge in [0, 0.05) is 36.1 Å². The monoisotopic (exact) mass is 535 g/mol. The Morgan fingerprint density at radius 3 is 2.55 bits per heavy atom. The maximum absolute atomic E-state index is 13.4. The quantitative estimate of drug-likeness (QED) is 0.373. The van der Waals surface area contributed by atoms with Crippen molar-refractivity contribution in [3.8, 4) is 0 Å². The predicted octanol–water partition coefficient (Wildman–Crippen LogP) is 4.51. The van der Waals surface area contributed by atoms with Gasteiger partial charge in [-0.25, -0.2) is 0 Å². The van der Waals surface area contributed by atoms with Gasteiger partial charge < -0.3 is 15.5 Å². The summed E-state index contributed by atoms with van der Waals surface area (Å²) in [7, 11) is 0. The van der Waals surface area contributed by atoms with E-state index >= 15 is 0 Å². The van der Waals surface area contributed by atoms with Crippen molar-refractivity contribution in [2.45, 2.75) is 25.7 Å². The van der Waals surface area contributed by atoms with Crippen LogP contribution in [0.25, 0.3) is 0 Å². The fourth-order valence-electron chi connectivity index (χ4n) is 4.90. The lowest BCUT2D eigenvalue weighted by Gasteiger charge is -2.36. The number of carbonyl (C=O) groups is 3. The summed E-state index contributed by atoms with van der Waals surface area (Å²) in [5.41, 5.74) is 4.47. The molecule has 1 aromatic heterocycles. The van der Waals surface area contributed by atoms with Crippen LogP contribution >= 0.6 is 0 Å². The van der Waals surface area contributed by atoms with Crippen LogP contribution in [0.2, 0.25) is 0 Å². The summed E-state index contributed by atoms with van der Waals surface area (Å²) < 4.78 is 0. The van der Waals surface area contributed by atoms with Gasteiger partial charge in [-0.05, 0) is 68.3 Å². The Kier molecular flexibility index (Phi) is 8.78. The van der Waals surface area contributed by atoms with Crippen molar-refractivity contribution in [3.05, 3.63) is 108 Å². The Bertz CT molecular complexity index is 1420. The molecule has 0 unspecified atom stereocenters. The molecular weight excluding hydrogens is 502 g/mol. The minimum atomic E-state index is -0.245. The van der Waals surface area contributed by atoms with E-state index in [9.17, 15) is 14.4 Å². The number of hydrogen-bond donors (Lipinski definition) is 2. The van der Waals surface area contributed by atoms with Crippen LogP contribution in [0.4, 0.5) is 17.1 Å². The van der Waals surface area contributed by atoms with Gasteiger partial charge >= 0.3 is 0 Å². The van der Waals surface area contributed by atoms with E-state index < -0.39 is 0 Å². The molecule has 0 saturated heterocycles. The third kappa shape index (κ3) is 6.71. The van der Waals surface area contributed by atoms with Crippen molar-refractivity contribution in [2.75, 3.05) is 41.3 Å². The normalized spacial score (nSPS) is 14.5. The fraction of sp³-hybridized carbons (Fsp3) is 0.250. The van der Waals surface area contributed by atoms with E-state index in [1.165, 1.54) is 10.5 Å². The molecule has 0 saturated carbocycles. The van der Waals surface area contributed by atoms with Crippen LogP contribution in [0, 0.1) is 0 Å². The van der Waals surface area contributed by atoms with Gasteiger partial charge in [-0.15, -0.1) is 0 Å². The summed E-state index contributed by atoms with van der Waals surface area (Å²) in [6.07, 6.45) is 11.8. The first kappa shape index (κ1) is 27.0. The highest BCUT2D eigenvalue weighted by Gasteiger charge is 2.32. The number of nitrogens with zero attached hydrogens (tertiary/aromatic N) is 3. The number of allylic oxidation sites excluding steroid dienone is 3. The Labute approximate surface area is 234 Å². The lowest BCUT2D eigenvalue weighted by Crippen LogP contribution is -2.50. The standard InChI is InChI=1S/C32H33N5O3/c38-30(22-33-19-16-24-9-3-1-4-10-24)37-23-31(39)36(20-17-26-13-7-8-18-34-26)28-15-14-27(21-29(28)37)35-32(40)25-11-5-2-6-12-25/h2-3,5-15,18,21,33H,1,4,16-17,19-20,22-23H2,(H,35,40). The first-order chi connectivity index (χ1) is 19.6. The second kappa shape index (κ2) is 13.0. The molecule has 2 heterocycles. The fourth-order valence-corrected chi connectivity index (χ4v) is 4.90. The van der Waals surface area contributed by atoms with Crippen LogP contribution in [-0.4, -0.2) is 48.9 Å². The molecule has 8 heteroatoms. The Balaban J connectivity index is 1.33. The van der Waals surface area contributed by atoms with E-state index in [2.05, 4.69) is 33.8 Å². The van der Waals surface area contributed by atoms with Crippen molar-refractivity contribution in [3.63, 3.8) is 0 Å². The molecule has 3 aromatic rings. The average Bonchev–Trinajstić information content (AvgIpc) is 3.00. The van der Waals surface area contributed by atoms with Crippen molar-refractivity contribution in [1.82, 2.24) is 10.3 Å². The molecule has 40 heavy (non-hydrogen) atoms. The highest BCUT2D eigenvalue weighted by atomic mass is 16.2. The number of rotatable bonds is 10. The van der Waals surface area contributed by atoms with E-state index in [-0.39, 0.29) is 30.8 Å². The number of nitrogens with one attached hydrogen (secondary N) is 2. The third-order valence-corrected chi connectivity index (χ3v) is 7.00. The van der Waals surface area contributed by atoms with Gasteiger partial charge in [-0.2, -0.15) is 0 Å². The summed E-state index contributed by atoms with van der Waals surface area (Å²) in [5.74, 6) is -0.598. The lowest BCUT2D eigenvalue weighted by molar-refractivity contribution is -0.122. The van der Waals surface area contributed by atoms with Crippen molar-refractivity contribution in [2.24, 2.45) is 0 Å². The maximum Gasteiger partial charge on any atom is 0.255 e. The second-order valence-electron chi connectivity index (χ2n) is 9.81. The summed E-state index contributed by atoms with van der Waals surface area (Å²) in [6.45, 7) is 1.14. The van der Waals surface area contributed by atoms with Crippen molar-refractivity contribution >= 4 is 34.8 Å². The van der Waals surface area contributed by atoms with Gasteiger partial charge in [0.1, 0.15) is 6.54 Å². The molecule has 3 amide bonds.